The summed E-state index contributed by atoms with van der Waals surface area (Å²) in [6.07, 6.45) is 0. The minimum Gasteiger partial charge on any atom is -0.457 e. The van der Waals surface area contributed by atoms with Gasteiger partial charge in [0.1, 0.15) is 68.6 Å². The number of nitrogens with one attached hydrogen (secondary N) is 2. The first-order chi connectivity index (χ1) is 33.6. The van der Waals surface area contributed by atoms with Crippen LogP contribution in [0.15, 0.2) is 194 Å². The number of nitrogens with zero attached hydrogens (tertiary/aromatic N) is 6. The summed E-state index contributed by atoms with van der Waals surface area (Å²) < 4.78 is 25.3. The normalized spacial score (nSPS) is 11.4. The van der Waals surface area contributed by atoms with Crippen molar-refractivity contribution in [3.05, 3.63) is 194 Å². The van der Waals surface area contributed by atoms with Gasteiger partial charge in [-0.15, -0.1) is 0 Å². The number of para-hydroxylation sites is 4. The minimum absolute atomic E-state index is 0. The number of fused-ring (bicyclic) bond motifs is 20. The van der Waals surface area contributed by atoms with Gasteiger partial charge in [0.2, 0.25) is 0 Å². The zero-order valence-electron chi connectivity index (χ0n) is 36.1. The molecule has 0 atom stereocenters. The van der Waals surface area contributed by atoms with Crippen molar-refractivity contribution in [3.63, 3.8) is 0 Å². The van der Waals surface area contributed by atoms with Crippen molar-refractivity contribution in [2.24, 2.45) is 0 Å². The second-order valence-corrected chi connectivity index (χ2v) is 16.1. The molecular formula is C56H34N8NiO4. The Labute approximate surface area is 403 Å². The van der Waals surface area contributed by atoms with Gasteiger partial charge in [-0.05, 0) is 121 Å². The molecule has 8 bridgehead atoms. The second-order valence-electron chi connectivity index (χ2n) is 16.1. The molecule has 0 fully saturated rings. The van der Waals surface area contributed by atoms with Crippen LogP contribution in [-0.4, -0.2) is 39.9 Å². The van der Waals surface area contributed by atoms with E-state index in [1.165, 1.54) is 0 Å². The molecule has 13 heteroatoms. The first kappa shape index (κ1) is 41.3. The summed E-state index contributed by atoms with van der Waals surface area (Å²) in [4.78, 5) is 38.4. The van der Waals surface area contributed by atoms with Gasteiger partial charge in [-0.2, -0.15) is 0 Å². The van der Waals surface area contributed by atoms with E-state index in [1.54, 1.807) is 0 Å². The average molecular weight is 942 g/mol. The van der Waals surface area contributed by atoms with Crippen molar-refractivity contribution in [2.45, 2.75) is 0 Å². The SMILES string of the molecule is [Ni].c1ccc(Oc2ccc3c(c2)-c2nc-3nc3[nH]c(nc4nc(nc5[nH]c(n2)c2ccc(Oc6ccccc6)cc52)-c2ccc(Oc5ccccc5)cc2-4)c2ccc(Oc4ccccc4)cc32)cc1. The van der Waals surface area contributed by atoms with Crippen molar-refractivity contribution in [1.82, 2.24) is 39.9 Å². The molecule has 0 spiro atoms. The summed E-state index contributed by atoms with van der Waals surface area (Å²) in [6, 6.07) is 62.0. The smallest absolute Gasteiger partial charge is 0.164 e. The van der Waals surface area contributed by atoms with Crippen molar-refractivity contribution >= 4 is 44.1 Å². The first-order valence-corrected chi connectivity index (χ1v) is 21.9. The fraction of sp³-hybridized carbons (Fsp3) is 0. The van der Waals surface area contributed by atoms with Gasteiger partial charge < -0.3 is 28.9 Å². The van der Waals surface area contributed by atoms with Crippen LogP contribution in [0.4, 0.5) is 0 Å². The molecule has 0 radical (unpaired) electrons. The van der Waals surface area contributed by atoms with E-state index in [2.05, 4.69) is 9.97 Å². The molecule has 0 saturated carbocycles. The van der Waals surface area contributed by atoms with Gasteiger partial charge in [-0.1, -0.05) is 72.8 Å². The Morgan fingerprint density at radius 1 is 0.246 bits per heavy atom. The molecule has 11 aromatic rings. The molecule has 2 N–H and O–H groups in total. The number of hydrogen-bond donors (Lipinski definition) is 2. The van der Waals surface area contributed by atoms with E-state index >= 15 is 0 Å². The van der Waals surface area contributed by atoms with Crippen LogP contribution in [0.25, 0.3) is 89.7 Å². The molecule has 332 valence electrons. The van der Waals surface area contributed by atoms with E-state index in [0.717, 1.165) is 43.8 Å². The van der Waals surface area contributed by atoms with Gasteiger partial charge in [-0.3, -0.25) is 0 Å². The van der Waals surface area contributed by atoms with E-state index in [-0.39, 0.29) is 16.5 Å². The van der Waals surface area contributed by atoms with Gasteiger partial charge in [0.25, 0.3) is 0 Å². The maximum atomic E-state index is 6.34. The molecule has 0 aliphatic carbocycles. The van der Waals surface area contributed by atoms with E-state index in [1.807, 2.05) is 194 Å². The average Bonchev–Trinajstić information content (AvgIpc) is 4.10. The van der Waals surface area contributed by atoms with Crippen LogP contribution in [0.5, 0.6) is 46.0 Å². The molecule has 0 saturated heterocycles. The van der Waals surface area contributed by atoms with Crippen molar-refractivity contribution in [3.8, 4) is 91.5 Å². The van der Waals surface area contributed by atoms with Crippen LogP contribution >= 0.6 is 0 Å². The Morgan fingerprint density at radius 2 is 0.536 bits per heavy atom. The van der Waals surface area contributed by atoms with Crippen LogP contribution in [0.3, 0.4) is 0 Å². The number of hydrogen-bond acceptors (Lipinski definition) is 10. The maximum Gasteiger partial charge on any atom is 0.164 e. The van der Waals surface area contributed by atoms with E-state index < -0.39 is 0 Å². The van der Waals surface area contributed by atoms with Gasteiger partial charge in [-0.25, -0.2) is 29.9 Å². The number of aromatic amines is 2. The number of rotatable bonds is 8. The summed E-state index contributed by atoms with van der Waals surface area (Å²) in [7, 11) is 0. The number of benzene rings is 8. The zero-order chi connectivity index (χ0) is 45.0. The maximum absolute atomic E-state index is 6.34. The third-order valence-corrected chi connectivity index (χ3v) is 11.6. The number of H-pyrrole nitrogens is 2. The zero-order valence-corrected chi connectivity index (χ0v) is 37.1. The van der Waals surface area contributed by atoms with Gasteiger partial charge >= 0.3 is 0 Å². The standard InChI is InChI=1S/C56H34N8O4.Ni/c1-5-13-33(14-6-1)65-37-21-25-41-45(29-37)53-57-49(41)62-54-47-31-39(67-35-17-9-3-10-18-35)23-27-43(47)51(59-54)64-56-48-32-40(68-36-19-11-4-12-20-36)24-28-44(48)52(60-56)63-55-46-30-38(66-34-15-7-2-8-16-34)22-26-42(46)50(58-55)61-53;/h1-32H,(H2,57,58,59,60,61,62,63,64);. The fourth-order valence-corrected chi connectivity index (χ4v) is 8.46. The molecule has 13 rings (SSSR count). The Balaban J connectivity index is 0.00000492. The number of aromatic nitrogens is 8. The van der Waals surface area contributed by atoms with Gasteiger partial charge in [0, 0.05) is 60.3 Å². The Morgan fingerprint density at radius 3 is 0.884 bits per heavy atom. The molecule has 0 amide bonds. The molecule has 2 aliphatic rings. The summed E-state index contributed by atoms with van der Waals surface area (Å²) in [5.41, 5.74) is 5.12. The molecule has 8 aromatic carbocycles. The third-order valence-electron chi connectivity index (χ3n) is 11.6. The molecule has 0 unspecified atom stereocenters. The number of ether oxygens (including phenoxy) is 4. The van der Waals surface area contributed by atoms with Crippen molar-refractivity contribution < 1.29 is 35.4 Å². The second kappa shape index (κ2) is 17.2. The first-order valence-electron chi connectivity index (χ1n) is 21.9. The summed E-state index contributed by atoms with van der Waals surface area (Å²) in [5.74, 6) is 7.07. The van der Waals surface area contributed by atoms with E-state index in [9.17, 15) is 0 Å². The predicted octanol–water partition coefficient (Wildman–Crippen LogP) is 14.0. The minimum atomic E-state index is 0. The van der Waals surface area contributed by atoms with Gasteiger partial charge in [0.05, 0.1) is 0 Å². The fourth-order valence-electron chi connectivity index (χ4n) is 8.46. The van der Waals surface area contributed by atoms with Crippen LogP contribution < -0.4 is 18.9 Å². The predicted molar refractivity (Wildman–Crippen MR) is 262 cm³/mol. The van der Waals surface area contributed by atoms with Crippen molar-refractivity contribution in [2.75, 3.05) is 0 Å². The van der Waals surface area contributed by atoms with Crippen molar-refractivity contribution in [1.29, 1.82) is 0 Å². The largest absolute Gasteiger partial charge is 0.457 e. The van der Waals surface area contributed by atoms with Crippen LogP contribution in [0, 0.1) is 0 Å². The Hall–Kier alpha value is -9.19. The molecule has 3 aromatic heterocycles. The summed E-state index contributed by atoms with van der Waals surface area (Å²) in [5, 5.41) is 3.12. The quantitative estimate of drug-likeness (QED) is 0.141. The molecule has 12 nitrogen and oxygen atoms in total. The van der Waals surface area contributed by atoms with Crippen LogP contribution in [-0.2, 0) is 16.5 Å². The van der Waals surface area contributed by atoms with Gasteiger partial charge in [0.15, 0.2) is 23.3 Å². The monoisotopic (exact) mass is 940 g/mol. The molecular weight excluding hydrogens is 907 g/mol. The van der Waals surface area contributed by atoms with E-state index in [4.69, 9.17) is 48.9 Å². The molecule has 2 aliphatic heterocycles. The molecule has 69 heavy (non-hydrogen) atoms. The third kappa shape index (κ3) is 7.92. The summed E-state index contributed by atoms with van der Waals surface area (Å²) >= 11 is 0. The molecule has 5 heterocycles. The topological polar surface area (TPSA) is 146 Å². The van der Waals surface area contributed by atoms with Crippen LogP contribution in [0.2, 0.25) is 0 Å². The Bertz CT molecular complexity index is 3670. The van der Waals surface area contributed by atoms with Crippen LogP contribution in [0.1, 0.15) is 0 Å². The van der Waals surface area contributed by atoms with E-state index in [0.29, 0.717) is 91.9 Å². The summed E-state index contributed by atoms with van der Waals surface area (Å²) in [6.45, 7) is 0. The Kier molecular flexibility index (Phi) is 10.3.